The highest BCUT2D eigenvalue weighted by Gasteiger charge is 2.29. The van der Waals surface area contributed by atoms with E-state index in [2.05, 4.69) is 34.2 Å². The Balaban J connectivity index is 1.37. The molecule has 0 radical (unpaired) electrons. The quantitative estimate of drug-likeness (QED) is 0.368. The predicted molar refractivity (Wildman–Crippen MR) is 128 cm³/mol. The number of aryl methyl sites for hydroxylation is 2. The summed E-state index contributed by atoms with van der Waals surface area (Å²) in [5.74, 6) is 1.07. The summed E-state index contributed by atoms with van der Waals surface area (Å²) in [6.07, 6.45) is 1.26. The highest BCUT2D eigenvalue weighted by molar-refractivity contribution is 7.98. The Labute approximate surface area is 201 Å². The van der Waals surface area contributed by atoms with Gasteiger partial charge in [0.2, 0.25) is 0 Å². The molecule has 0 N–H and O–H groups in total. The van der Waals surface area contributed by atoms with Crippen LogP contribution in [0.25, 0.3) is 5.69 Å². The normalized spacial score (nSPS) is 14.5. The van der Waals surface area contributed by atoms with E-state index in [0.717, 1.165) is 27.2 Å². The van der Waals surface area contributed by atoms with Crippen molar-refractivity contribution in [1.29, 1.82) is 0 Å². The molecule has 8 nitrogen and oxygen atoms in total. The molecule has 0 saturated carbocycles. The molecule has 3 heterocycles. The lowest BCUT2D eigenvalue weighted by Crippen LogP contribution is -2.40. The van der Waals surface area contributed by atoms with Gasteiger partial charge < -0.3 is 9.64 Å². The van der Waals surface area contributed by atoms with E-state index in [1.165, 1.54) is 11.3 Å². The van der Waals surface area contributed by atoms with Crippen LogP contribution in [0.1, 0.15) is 46.6 Å². The maximum atomic E-state index is 12.9. The second kappa shape index (κ2) is 10.5. The number of amides is 1. The molecule has 1 aromatic carbocycles. The first-order valence-corrected chi connectivity index (χ1v) is 12.9. The molecule has 10 heteroatoms. The topological polar surface area (TPSA) is 90.2 Å². The maximum Gasteiger partial charge on any atom is 0.309 e. The maximum absolute atomic E-state index is 12.9. The summed E-state index contributed by atoms with van der Waals surface area (Å²) >= 11 is 3.03. The molecule has 2 aromatic heterocycles. The van der Waals surface area contributed by atoms with Gasteiger partial charge in [0.25, 0.3) is 5.91 Å². The Kier molecular flexibility index (Phi) is 7.44. The Morgan fingerprint density at radius 2 is 1.94 bits per heavy atom. The summed E-state index contributed by atoms with van der Waals surface area (Å²) in [4.78, 5) is 31.2. The number of ether oxygens (including phenoxy) is 1. The van der Waals surface area contributed by atoms with E-state index in [1.807, 2.05) is 35.9 Å². The molecule has 1 aliphatic heterocycles. The number of carbonyl (C=O) groups excluding carboxylic acids is 2. The van der Waals surface area contributed by atoms with Crippen LogP contribution in [0, 0.1) is 19.8 Å². The zero-order valence-corrected chi connectivity index (χ0v) is 20.6. The Morgan fingerprint density at radius 3 is 2.67 bits per heavy atom. The molecule has 3 aromatic rings. The number of rotatable bonds is 7. The van der Waals surface area contributed by atoms with E-state index < -0.39 is 0 Å². The van der Waals surface area contributed by atoms with E-state index in [1.54, 1.807) is 16.7 Å². The van der Waals surface area contributed by atoms with Gasteiger partial charge in [-0.15, -0.1) is 21.5 Å². The Hall–Kier alpha value is -2.72. The molecule has 0 atom stereocenters. The van der Waals surface area contributed by atoms with Crippen LogP contribution in [0.4, 0.5) is 0 Å². The Bertz CT molecular complexity index is 1130. The summed E-state index contributed by atoms with van der Waals surface area (Å²) in [6.45, 7) is 7.29. The summed E-state index contributed by atoms with van der Waals surface area (Å²) < 4.78 is 7.16. The lowest BCUT2D eigenvalue weighted by Gasteiger charge is -2.30. The van der Waals surface area contributed by atoms with Gasteiger partial charge in [0.05, 0.1) is 24.0 Å². The molecule has 0 aliphatic carbocycles. The van der Waals surface area contributed by atoms with Gasteiger partial charge in [-0.3, -0.25) is 14.2 Å². The van der Waals surface area contributed by atoms with Crippen molar-refractivity contribution >= 4 is 35.0 Å². The van der Waals surface area contributed by atoms with E-state index in [-0.39, 0.29) is 17.8 Å². The number of piperidine rings is 1. The van der Waals surface area contributed by atoms with Crippen LogP contribution < -0.4 is 0 Å². The van der Waals surface area contributed by atoms with Crippen molar-refractivity contribution < 1.29 is 14.3 Å². The van der Waals surface area contributed by atoms with Crippen molar-refractivity contribution in [3.05, 3.63) is 51.7 Å². The number of likely N-dealkylation sites (tertiary alicyclic amines) is 1. The lowest BCUT2D eigenvalue weighted by atomic mass is 9.97. The van der Waals surface area contributed by atoms with Gasteiger partial charge in [0.15, 0.2) is 5.16 Å². The molecule has 1 saturated heterocycles. The highest BCUT2D eigenvalue weighted by Crippen LogP contribution is 2.28. The van der Waals surface area contributed by atoms with Crippen LogP contribution in [0.3, 0.4) is 0 Å². The third-order valence-electron chi connectivity index (χ3n) is 5.65. The fourth-order valence-electron chi connectivity index (χ4n) is 3.87. The van der Waals surface area contributed by atoms with E-state index >= 15 is 0 Å². The van der Waals surface area contributed by atoms with Crippen molar-refractivity contribution in [3.8, 4) is 5.69 Å². The monoisotopic (exact) mass is 485 g/mol. The van der Waals surface area contributed by atoms with Crippen molar-refractivity contribution in [2.24, 2.45) is 5.92 Å². The van der Waals surface area contributed by atoms with Crippen LogP contribution in [0.5, 0.6) is 0 Å². The van der Waals surface area contributed by atoms with Gasteiger partial charge in [-0.05, 0) is 45.2 Å². The number of thiazole rings is 1. The number of benzene rings is 1. The van der Waals surface area contributed by atoms with Gasteiger partial charge in [0, 0.05) is 18.5 Å². The van der Waals surface area contributed by atoms with Gasteiger partial charge >= 0.3 is 5.97 Å². The van der Waals surface area contributed by atoms with Crippen LogP contribution in [-0.4, -0.2) is 56.2 Å². The van der Waals surface area contributed by atoms with Crippen molar-refractivity contribution in [2.45, 2.75) is 44.5 Å². The second-order valence-corrected chi connectivity index (χ2v) is 9.77. The molecular formula is C23H27N5O3S2. The third-order valence-corrected chi connectivity index (χ3v) is 7.62. The molecule has 0 bridgehead atoms. The number of hydrogen-bond acceptors (Lipinski definition) is 8. The fraction of sp³-hybridized carbons (Fsp3) is 0.435. The summed E-state index contributed by atoms with van der Waals surface area (Å²) in [7, 11) is 0. The fourth-order valence-corrected chi connectivity index (χ4v) is 5.65. The minimum atomic E-state index is -0.161. The number of esters is 1. The number of aromatic nitrogens is 4. The zero-order chi connectivity index (χ0) is 23.4. The SMILES string of the molecule is CCOC(=O)C1CCN(C(=O)c2csc(CSc3nnc(C)n3-c3ccccc3C)n2)CC1. The number of para-hydroxylation sites is 1. The number of thioether (sulfide) groups is 1. The first kappa shape index (κ1) is 23.4. The van der Waals surface area contributed by atoms with Crippen LogP contribution >= 0.6 is 23.1 Å². The third kappa shape index (κ3) is 5.27. The molecule has 33 heavy (non-hydrogen) atoms. The smallest absolute Gasteiger partial charge is 0.309 e. The summed E-state index contributed by atoms with van der Waals surface area (Å²) in [6, 6.07) is 8.14. The molecule has 1 amide bonds. The number of carbonyl (C=O) groups is 2. The van der Waals surface area contributed by atoms with Crippen molar-refractivity contribution in [1.82, 2.24) is 24.6 Å². The molecule has 0 unspecified atom stereocenters. The average Bonchev–Trinajstić information content (AvgIpc) is 3.44. The molecular weight excluding hydrogens is 458 g/mol. The van der Waals surface area contributed by atoms with Gasteiger partial charge in [-0.2, -0.15) is 0 Å². The van der Waals surface area contributed by atoms with Gasteiger partial charge in [-0.1, -0.05) is 30.0 Å². The van der Waals surface area contributed by atoms with Crippen LogP contribution in [0.15, 0.2) is 34.8 Å². The molecule has 4 rings (SSSR count). The lowest BCUT2D eigenvalue weighted by molar-refractivity contribution is -0.149. The van der Waals surface area contributed by atoms with Gasteiger partial charge in [0.1, 0.15) is 16.5 Å². The standard InChI is InChI=1S/C23H27N5O3S2/c1-4-31-22(30)17-9-11-27(12-10-17)21(29)18-13-32-20(24-18)14-33-23-26-25-16(3)28(23)19-8-6-5-7-15(19)2/h5-8,13,17H,4,9-12,14H2,1-3H3. The average molecular weight is 486 g/mol. The van der Waals surface area contributed by atoms with Crippen molar-refractivity contribution in [3.63, 3.8) is 0 Å². The predicted octanol–water partition coefficient (Wildman–Crippen LogP) is 4.05. The Morgan fingerprint density at radius 1 is 1.18 bits per heavy atom. The van der Waals surface area contributed by atoms with Gasteiger partial charge in [-0.25, -0.2) is 4.98 Å². The van der Waals surface area contributed by atoms with Crippen LogP contribution in [0.2, 0.25) is 0 Å². The highest BCUT2D eigenvalue weighted by atomic mass is 32.2. The first-order valence-electron chi connectivity index (χ1n) is 11.0. The molecule has 1 aliphatic rings. The first-order chi connectivity index (χ1) is 16.0. The summed E-state index contributed by atoms with van der Waals surface area (Å²) in [5.41, 5.74) is 2.67. The van der Waals surface area contributed by atoms with Crippen molar-refractivity contribution in [2.75, 3.05) is 19.7 Å². The molecule has 1 fully saturated rings. The second-order valence-electron chi connectivity index (χ2n) is 7.89. The largest absolute Gasteiger partial charge is 0.466 e. The zero-order valence-electron chi connectivity index (χ0n) is 19.0. The molecule has 0 spiro atoms. The number of nitrogens with zero attached hydrogens (tertiary/aromatic N) is 5. The van der Waals surface area contributed by atoms with E-state index in [0.29, 0.717) is 44.0 Å². The molecule has 174 valence electrons. The summed E-state index contributed by atoms with van der Waals surface area (Å²) in [5, 5.41) is 12.1. The van der Waals surface area contributed by atoms with E-state index in [4.69, 9.17) is 4.74 Å². The van der Waals surface area contributed by atoms with Crippen LogP contribution in [-0.2, 0) is 15.3 Å². The minimum Gasteiger partial charge on any atom is -0.466 e. The minimum absolute atomic E-state index is 0.0799. The van der Waals surface area contributed by atoms with E-state index in [9.17, 15) is 9.59 Å². The number of hydrogen-bond donors (Lipinski definition) is 0.